The summed E-state index contributed by atoms with van der Waals surface area (Å²) in [6.07, 6.45) is 2.30. The Morgan fingerprint density at radius 1 is 1.33 bits per heavy atom. The number of nitrogen functional groups attached to an aromatic ring is 1. The number of aromatic nitrogens is 2. The van der Waals surface area contributed by atoms with Crippen LogP contribution >= 0.6 is 11.8 Å². The maximum absolute atomic E-state index is 12.3. The fourth-order valence-electron chi connectivity index (χ4n) is 2.62. The van der Waals surface area contributed by atoms with E-state index >= 15 is 0 Å². The van der Waals surface area contributed by atoms with Crippen molar-refractivity contribution in [3.05, 3.63) is 56.9 Å². The van der Waals surface area contributed by atoms with Crippen molar-refractivity contribution in [1.82, 2.24) is 9.13 Å². The van der Waals surface area contributed by atoms with Crippen LogP contribution in [0.1, 0.15) is 12.5 Å². The van der Waals surface area contributed by atoms with Gasteiger partial charge in [-0.2, -0.15) is 0 Å². The zero-order valence-corrected chi connectivity index (χ0v) is 12.6. The molecule has 2 N–H and O–H groups in total. The summed E-state index contributed by atoms with van der Waals surface area (Å²) in [4.78, 5) is 25.7. The molecule has 2 heterocycles. The summed E-state index contributed by atoms with van der Waals surface area (Å²) in [6.45, 7) is 2.75. The van der Waals surface area contributed by atoms with Gasteiger partial charge in [-0.15, -0.1) is 11.8 Å². The predicted octanol–water partition coefficient (Wildman–Crippen LogP) is 1.33. The minimum Gasteiger partial charge on any atom is -0.393 e. The maximum Gasteiger partial charge on any atom is 0.331 e. The molecule has 1 aromatic carbocycles. The highest BCUT2D eigenvalue weighted by Crippen LogP contribution is 2.37. The molecule has 3 rings (SSSR count). The van der Waals surface area contributed by atoms with Gasteiger partial charge in [0.15, 0.2) is 0 Å². The number of benzene rings is 1. The molecule has 0 amide bonds. The van der Waals surface area contributed by atoms with Crippen molar-refractivity contribution in [2.75, 3.05) is 5.73 Å². The van der Waals surface area contributed by atoms with Gasteiger partial charge in [0.2, 0.25) is 0 Å². The van der Waals surface area contributed by atoms with Gasteiger partial charge in [0.1, 0.15) is 5.69 Å². The number of nitrogens with two attached hydrogens (primary N) is 1. The molecule has 0 fully saturated rings. The Morgan fingerprint density at radius 2 is 2.10 bits per heavy atom. The smallest absolute Gasteiger partial charge is 0.331 e. The summed E-state index contributed by atoms with van der Waals surface area (Å²) < 4.78 is 2.74. The first-order valence-corrected chi connectivity index (χ1v) is 7.82. The second-order valence-electron chi connectivity index (χ2n) is 5.12. The Kier molecular flexibility index (Phi) is 3.63. The number of hydrogen-bond donors (Lipinski definition) is 1. The highest BCUT2D eigenvalue weighted by Gasteiger charge is 2.23. The molecule has 1 aliphatic rings. The van der Waals surface area contributed by atoms with Gasteiger partial charge < -0.3 is 5.73 Å². The van der Waals surface area contributed by atoms with Gasteiger partial charge in [-0.1, -0.05) is 18.2 Å². The number of rotatable bonds is 3. The van der Waals surface area contributed by atoms with Crippen LogP contribution in [0.4, 0.5) is 5.69 Å². The van der Waals surface area contributed by atoms with E-state index in [0.29, 0.717) is 13.1 Å². The van der Waals surface area contributed by atoms with Crippen LogP contribution in [0.25, 0.3) is 0 Å². The van der Waals surface area contributed by atoms with E-state index in [4.69, 9.17) is 5.73 Å². The Morgan fingerprint density at radius 3 is 2.81 bits per heavy atom. The lowest BCUT2D eigenvalue weighted by Gasteiger charge is -2.13. The Labute approximate surface area is 126 Å². The molecular weight excluding hydrogens is 286 g/mol. The van der Waals surface area contributed by atoms with Gasteiger partial charge in [-0.3, -0.25) is 13.9 Å². The zero-order valence-electron chi connectivity index (χ0n) is 11.8. The minimum atomic E-state index is -0.388. The summed E-state index contributed by atoms with van der Waals surface area (Å²) in [5.74, 6) is 0. The summed E-state index contributed by atoms with van der Waals surface area (Å²) in [5.41, 5.74) is 6.45. The standard InChI is InChI=1S/C15H17N3O2S/c1-2-17-9-12(16)14(19)18(15(17)20)8-11-7-10-5-3-4-6-13(10)21-11/h3-6,9,11H,2,7-8,16H2,1H3. The molecule has 1 atom stereocenters. The Balaban J connectivity index is 1.92. The Hall–Kier alpha value is -1.95. The van der Waals surface area contributed by atoms with E-state index in [1.54, 1.807) is 11.8 Å². The van der Waals surface area contributed by atoms with Crippen LogP contribution in [-0.4, -0.2) is 14.4 Å². The van der Waals surface area contributed by atoms with Crippen molar-refractivity contribution in [2.45, 2.75) is 36.6 Å². The fraction of sp³-hybridized carbons (Fsp3) is 0.333. The first-order chi connectivity index (χ1) is 10.1. The number of hydrogen-bond acceptors (Lipinski definition) is 4. The average molecular weight is 303 g/mol. The third-order valence-corrected chi connectivity index (χ3v) is 5.01. The number of aryl methyl sites for hydroxylation is 1. The van der Waals surface area contributed by atoms with Gasteiger partial charge in [-0.05, 0) is 25.0 Å². The second kappa shape index (κ2) is 5.44. The van der Waals surface area contributed by atoms with E-state index in [0.717, 1.165) is 6.42 Å². The van der Waals surface area contributed by atoms with E-state index in [1.807, 2.05) is 19.1 Å². The molecule has 110 valence electrons. The summed E-state index contributed by atoms with van der Waals surface area (Å²) in [6, 6.07) is 8.19. The average Bonchev–Trinajstić information content (AvgIpc) is 2.89. The van der Waals surface area contributed by atoms with Crippen LogP contribution in [0.3, 0.4) is 0 Å². The normalized spacial score (nSPS) is 16.9. The number of fused-ring (bicyclic) bond motifs is 1. The third kappa shape index (κ3) is 2.51. The van der Waals surface area contributed by atoms with Crippen molar-refractivity contribution in [1.29, 1.82) is 0 Å². The van der Waals surface area contributed by atoms with Crippen LogP contribution in [0.2, 0.25) is 0 Å². The molecule has 21 heavy (non-hydrogen) atoms. The van der Waals surface area contributed by atoms with Gasteiger partial charge in [0, 0.05) is 29.4 Å². The lowest BCUT2D eigenvalue weighted by Crippen LogP contribution is -2.42. The number of thioether (sulfide) groups is 1. The van der Waals surface area contributed by atoms with Gasteiger partial charge >= 0.3 is 5.69 Å². The van der Waals surface area contributed by atoms with E-state index in [1.165, 1.54) is 25.8 Å². The maximum atomic E-state index is 12.3. The van der Waals surface area contributed by atoms with Crippen LogP contribution < -0.4 is 17.0 Å². The van der Waals surface area contributed by atoms with Crippen LogP contribution in [0.5, 0.6) is 0 Å². The molecule has 0 saturated heterocycles. The molecule has 0 aliphatic carbocycles. The molecule has 6 heteroatoms. The molecule has 0 spiro atoms. The first-order valence-electron chi connectivity index (χ1n) is 6.94. The minimum absolute atomic E-state index is 0.122. The SMILES string of the molecule is CCn1cc(N)c(=O)n(CC2Cc3ccccc3S2)c1=O. The van der Waals surface area contributed by atoms with Crippen molar-refractivity contribution < 1.29 is 0 Å². The van der Waals surface area contributed by atoms with Crippen molar-refractivity contribution in [3.63, 3.8) is 0 Å². The quantitative estimate of drug-likeness (QED) is 0.928. The molecule has 0 saturated carbocycles. The zero-order chi connectivity index (χ0) is 15.0. The summed E-state index contributed by atoms with van der Waals surface area (Å²) in [5, 5.41) is 0.194. The molecule has 1 aliphatic heterocycles. The third-order valence-electron chi connectivity index (χ3n) is 3.70. The lowest BCUT2D eigenvalue weighted by atomic mass is 10.1. The largest absolute Gasteiger partial charge is 0.393 e. The van der Waals surface area contributed by atoms with Crippen molar-refractivity contribution in [3.8, 4) is 0 Å². The number of anilines is 1. The Bertz CT molecular complexity index is 769. The molecule has 5 nitrogen and oxygen atoms in total. The van der Waals surface area contributed by atoms with E-state index in [-0.39, 0.29) is 22.2 Å². The van der Waals surface area contributed by atoms with Crippen LogP contribution in [0.15, 0.2) is 44.9 Å². The molecule has 1 unspecified atom stereocenters. The van der Waals surface area contributed by atoms with Crippen LogP contribution in [0, 0.1) is 0 Å². The van der Waals surface area contributed by atoms with E-state index in [2.05, 4.69) is 12.1 Å². The lowest BCUT2D eigenvalue weighted by molar-refractivity contribution is 0.557. The highest BCUT2D eigenvalue weighted by atomic mass is 32.2. The van der Waals surface area contributed by atoms with E-state index in [9.17, 15) is 9.59 Å². The highest BCUT2D eigenvalue weighted by molar-refractivity contribution is 8.00. The summed E-state index contributed by atoms with van der Waals surface area (Å²) in [7, 11) is 0. The fourth-order valence-corrected chi connectivity index (χ4v) is 3.93. The molecule has 0 radical (unpaired) electrons. The van der Waals surface area contributed by atoms with Gasteiger partial charge in [-0.25, -0.2) is 4.79 Å². The van der Waals surface area contributed by atoms with E-state index < -0.39 is 0 Å². The second-order valence-corrected chi connectivity index (χ2v) is 6.46. The molecule has 2 aromatic rings. The van der Waals surface area contributed by atoms with Crippen molar-refractivity contribution in [2.24, 2.45) is 0 Å². The topological polar surface area (TPSA) is 70.0 Å². The van der Waals surface area contributed by atoms with Crippen LogP contribution in [-0.2, 0) is 19.5 Å². The monoisotopic (exact) mass is 303 g/mol. The molecule has 0 bridgehead atoms. The van der Waals surface area contributed by atoms with Gasteiger partial charge in [0.25, 0.3) is 5.56 Å². The van der Waals surface area contributed by atoms with Gasteiger partial charge in [0.05, 0.1) is 0 Å². The predicted molar refractivity (Wildman–Crippen MR) is 84.8 cm³/mol. The first kappa shape index (κ1) is 14.0. The number of nitrogens with zero attached hydrogens (tertiary/aromatic N) is 2. The van der Waals surface area contributed by atoms with Crippen molar-refractivity contribution >= 4 is 17.4 Å². The molecular formula is C15H17N3O2S. The molecule has 1 aromatic heterocycles. The summed E-state index contributed by atoms with van der Waals surface area (Å²) >= 11 is 1.72.